The third kappa shape index (κ3) is 4.74. The standard InChI is InChI=1S/C26H24Cl2N6O2/c1-29-25(35)22-3-2-12-33(22)26(36)17-6-4-16(5-7-17)21-14-24(34-23(32-21)10-11-31-34)30-15-18-8-9-19(27)13-20(18)28/h4-11,13-14,22,30H,2-3,12,15H2,1H3,(H,29,35)/t22-/m0/s1. The number of likely N-dealkylation sites (N-methyl/N-ethyl adjacent to an activating group) is 1. The molecule has 2 aromatic heterocycles. The van der Waals surface area contributed by atoms with Crippen LogP contribution >= 0.6 is 23.2 Å². The Morgan fingerprint density at radius 2 is 1.89 bits per heavy atom. The summed E-state index contributed by atoms with van der Waals surface area (Å²) in [5.74, 6) is 0.474. The van der Waals surface area contributed by atoms with Gasteiger partial charge in [-0.25, -0.2) is 4.98 Å². The topological polar surface area (TPSA) is 91.6 Å². The molecule has 1 fully saturated rings. The fourth-order valence-corrected chi connectivity index (χ4v) is 4.91. The molecule has 0 saturated carbocycles. The number of aromatic nitrogens is 3. The Bertz CT molecular complexity index is 1440. The molecule has 4 aromatic rings. The molecule has 5 rings (SSSR count). The van der Waals surface area contributed by atoms with E-state index in [4.69, 9.17) is 28.2 Å². The van der Waals surface area contributed by atoms with Gasteiger partial charge in [0.25, 0.3) is 5.91 Å². The quantitative estimate of drug-likeness (QED) is 0.384. The highest BCUT2D eigenvalue weighted by Gasteiger charge is 2.33. The number of likely N-dealkylation sites (tertiary alicyclic amines) is 1. The molecule has 0 unspecified atom stereocenters. The van der Waals surface area contributed by atoms with Gasteiger partial charge in [-0.15, -0.1) is 0 Å². The highest BCUT2D eigenvalue weighted by molar-refractivity contribution is 6.35. The minimum atomic E-state index is -0.420. The number of fused-ring (bicyclic) bond motifs is 1. The number of hydrogen-bond acceptors (Lipinski definition) is 5. The highest BCUT2D eigenvalue weighted by Crippen LogP contribution is 2.26. The van der Waals surface area contributed by atoms with Gasteiger partial charge in [0.05, 0.1) is 11.9 Å². The molecule has 0 aliphatic carbocycles. The lowest BCUT2D eigenvalue weighted by molar-refractivity contribution is -0.124. The molecule has 1 saturated heterocycles. The van der Waals surface area contributed by atoms with Crippen molar-refractivity contribution in [2.24, 2.45) is 0 Å². The second kappa shape index (κ2) is 10.2. The van der Waals surface area contributed by atoms with Gasteiger partial charge in [-0.1, -0.05) is 41.4 Å². The van der Waals surface area contributed by atoms with E-state index in [0.717, 1.165) is 29.1 Å². The van der Waals surface area contributed by atoms with Crippen molar-refractivity contribution in [1.82, 2.24) is 24.8 Å². The van der Waals surface area contributed by atoms with E-state index < -0.39 is 6.04 Å². The third-order valence-corrected chi connectivity index (χ3v) is 6.91. The zero-order valence-corrected chi connectivity index (χ0v) is 21.1. The minimum Gasteiger partial charge on any atom is -0.366 e. The lowest BCUT2D eigenvalue weighted by Crippen LogP contribution is -2.44. The van der Waals surface area contributed by atoms with Crippen molar-refractivity contribution in [2.75, 3.05) is 18.9 Å². The van der Waals surface area contributed by atoms with Crippen molar-refractivity contribution >= 4 is 46.5 Å². The van der Waals surface area contributed by atoms with Crippen molar-refractivity contribution in [2.45, 2.75) is 25.4 Å². The van der Waals surface area contributed by atoms with Gasteiger partial charge in [0, 0.05) is 53.4 Å². The number of amides is 2. The lowest BCUT2D eigenvalue weighted by atomic mass is 10.1. The molecule has 0 bridgehead atoms. The molecule has 2 N–H and O–H groups in total. The molecular weight excluding hydrogens is 499 g/mol. The first-order chi connectivity index (χ1) is 17.4. The predicted molar refractivity (Wildman–Crippen MR) is 140 cm³/mol. The fourth-order valence-electron chi connectivity index (χ4n) is 4.44. The number of nitrogens with one attached hydrogen (secondary N) is 2. The summed E-state index contributed by atoms with van der Waals surface area (Å²) in [6, 6.07) is 16.0. The van der Waals surface area contributed by atoms with Gasteiger partial charge in [0.15, 0.2) is 5.65 Å². The predicted octanol–water partition coefficient (Wildman–Crippen LogP) is 4.67. The van der Waals surface area contributed by atoms with E-state index in [1.54, 1.807) is 46.9 Å². The van der Waals surface area contributed by atoms with Crippen LogP contribution in [0, 0.1) is 0 Å². The maximum Gasteiger partial charge on any atom is 0.254 e. The number of rotatable bonds is 6. The van der Waals surface area contributed by atoms with Crippen LogP contribution < -0.4 is 10.6 Å². The van der Waals surface area contributed by atoms with Crippen LogP contribution in [0.3, 0.4) is 0 Å². The van der Waals surface area contributed by atoms with Crippen LogP contribution in [0.1, 0.15) is 28.8 Å². The number of benzene rings is 2. The third-order valence-electron chi connectivity index (χ3n) is 6.32. The van der Waals surface area contributed by atoms with Crippen LogP contribution in [0.4, 0.5) is 5.82 Å². The molecule has 1 aliphatic rings. The number of anilines is 1. The zero-order chi connectivity index (χ0) is 25.2. The summed E-state index contributed by atoms with van der Waals surface area (Å²) < 4.78 is 1.72. The van der Waals surface area contributed by atoms with Gasteiger partial charge < -0.3 is 15.5 Å². The van der Waals surface area contributed by atoms with Gasteiger partial charge in [0.2, 0.25) is 5.91 Å². The van der Waals surface area contributed by atoms with Crippen molar-refractivity contribution in [3.63, 3.8) is 0 Å². The van der Waals surface area contributed by atoms with E-state index in [1.807, 2.05) is 30.3 Å². The lowest BCUT2D eigenvalue weighted by Gasteiger charge is -2.23. The van der Waals surface area contributed by atoms with Crippen LogP contribution in [-0.2, 0) is 11.3 Å². The zero-order valence-electron chi connectivity index (χ0n) is 19.5. The first-order valence-electron chi connectivity index (χ1n) is 11.6. The number of hydrogen-bond donors (Lipinski definition) is 2. The van der Waals surface area contributed by atoms with Crippen molar-refractivity contribution in [3.05, 3.63) is 82.0 Å². The van der Waals surface area contributed by atoms with E-state index in [-0.39, 0.29) is 11.8 Å². The summed E-state index contributed by atoms with van der Waals surface area (Å²) in [5.41, 5.74) is 3.71. The summed E-state index contributed by atoms with van der Waals surface area (Å²) >= 11 is 12.3. The van der Waals surface area contributed by atoms with Crippen LogP contribution in [-0.4, -0.2) is 50.9 Å². The second-order valence-corrected chi connectivity index (χ2v) is 9.41. The molecule has 184 valence electrons. The Labute approximate surface area is 218 Å². The number of carbonyl (C=O) groups is 2. The van der Waals surface area contributed by atoms with Gasteiger partial charge in [-0.3, -0.25) is 9.59 Å². The van der Waals surface area contributed by atoms with Gasteiger partial charge in [0.1, 0.15) is 11.9 Å². The highest BCUT2D eigenvalue weighted by atomic mass is 35.5. The summed E-state index contributed by atoms with van der Waals surface area (Å²) in [7, 11) is 1.59. The maximum absolute atomic E-state index is 13.1. The summed E-state index contributed by atoms with van der Waals surface area (Å²) in [5, 5.41) is 11.6. The van der Waals surface area contributed by atoms with Crippen molar-refractivity contribution in [1.29, 1.82) is 0 Å². The minimum absolute atomic E-state index is 0.129. The molecule has 2 aromatic carbocycles. The molecule has 1 aliphatic heterocycles. The van der Waals surface area contributed by atoms with Crippen LogP contribution in [0.25, 0.3) is 16.9 Å². The molecule has 1 atom stereocenters. The molecule has 0 spiro atoms. The fraction of sp³-hybridized carbons (Fsp3) is 0.231. The molecule has 8 nitrogen and oxygen atoms in total. The van der Waals surface area contributed by atoms with Crippen LogP contribution in [0.2, 0.25) is 10.0 Å². The van der Waals surface area contributed by atoms with E-state index in [9.17, 15) is 9.59 Å². The van der Waals surface area contributed by atoms with E-state index in [0.29, 0.717) is 40.8 Å². The Morgan fingerprint density at radius 1 is 1.08 bits per heavy atom. The Kier molecular flexibility index (Phi) is 6.80. The van der Waals surface area contributed by atoms with Crippen LogP contribution in [0.5, 0.6) is 0 Å². The Balaban J connectivity index is 1.39. The van der Waals surface area contributed by atoms with E-state index in [2.05, 4.69) is 15.7 Å². The van der Waals surface area contributed by atoms with Crippen LogP contribution in [0.15, 0.2) is 60.8 Å². The van der Waals surface area contributed by atoms with E-state index in [1.165, 1.54) is 0 Å². The molecule has 2 amide bonds. The summed E-state index contributed by atoms with van der Waals surface area (Å²) in [6.07, 6.45) is 3.18. The van der Waals surface area contributed by atoms with Gasteiger partial charge >= 0.3 is 0 Å². The first-order valence-corrected chi connectivity index (χ1v) is 12.4. The number of nitrogens with zero attached hydrogens (tertiary/aromatic N) is 4. The average Bonchev–Trinajstić information content (AvgIpc) is 3.57. The Morgan fingerprint density at radius 3 is 2.64 bits per heavy atom. The average molecular weight is 523 g/mol. The smallest absolute Gasteiger partial charge is 0.254 e. The molecule has 3 heterocycles. The SMILES string of the molecule is CNC(=O)[C@@H]1CCCN1C(=O)c1ccc(-c2cc(NCc3ccc(Cl)cc3Cl)n3nccc3n2)cc1. The molecule has 0 radical (unpaired) electrons. The molecular formula is C26H24Cl2N6O2. The monoisotopic (exact) mass is 522 g/mol. The van der Waals surface area contributed by atoms with E-state index >= 15 is 0 Å². The maximum atomic E-state index is 13.1. The largest absolute Gasteiger partial charge is 0.366 e. The number of halogens is 2. The van der Waals surface area contributed by atoms with Crippen molar-refractivity contribution in [3.8, 4) is 11.3 Å². The van der Waals surface area contributed by atoms with Gasteiger partial charge in [-0.2, -0.15) is 9.61 Å². The summed E-state index contributed by atoms with van der Waals surface area (Å²) in [4.78, 5) is 31.6. The van der Waals surface area contributed by atoms with Crippen molar-refractivity contribution < 1.29 is 9.59 Å². The molecule has 10 heteroatoms. The first kappa shape index (κ1) is 24.1. The second-order valence-electron chi connectivity index (χ2n) is 8.57. The Hall–Kier alpha value is -3.62. The molecule has 36 heavy (non-hydrogen) atoms. The number of carbonyl (C=O) groups excluding carboxylic acids is 2. The normalized spacial score (nSPS) is 15.3. The summed E-state index contributed by atoms with van der Waals surface area (Å²) in [6.45, 7) is 1.05. The van der Waals surface area contributed by atoms with Gasteiger partial charge in [-0.05, 0) is 42.7 Å².